The highest BCUT2D eigenvalue weighted by Crippen LogP contribution is 2.41. The molecular weight excluding hydrogens is 595 g/mol. The summed E-state index contributed by atoms with van der Waals surface area (Å²) in [7, 11) is 0. The van der Waals surface area contributed by atoms with E-state index in [1.165, 1.54) is 24.3 Å². The van der Waals surface area contributed by atoms with Gasteiger partial charge in [0.15, 0.2) is 0 Å². The number of nitrogens with one attached hydrogen (secondary N) is 1. The molecule has 0 aliphatic rings. The Kier molecular flexibility index (Phi) is 7.90. The normalized spacial score (nSPS) is 10.9. The van der Waals surface area contributed by atoms with Crippen molar-refractivity contribution in [3.63, 3.8) is 0 Å². The molecule has 0 aliphatic carbocycles. The zero-order valence-electron chi connectivity index (χ0n) is 17.2. The Morgan fingerprint density at radius 2 is 1.74 bits per heavy atom. The van der Waals surface area contributed by atoms with Gasteiger partial charge in [0.2, 0.25) is 5.75 Å². The lowest BCUT2D eigenvalue weighted by Crippen LogP contribution is -2.13. The van der Waals surface area contributed by atoms with E-state index in [1.807, 2.05) is 0 Å². The monoisotopic (exact) mass is 604 g/mol. The molecule has 0 saturated carbocycles. The molecule has 13 heteroatoms. The standard InChI is InChI=1S/C22H11Br2FN4O6/c23-14-8-12(7-13(11-26)22(30)27-16-3-1-15(25)2-4-16)21(18(24)9-14)35-20-6-5-17(28(31)32)10-19(20)29(33)34/h1-10H,(H,27,30)/b13-7+. The average Bonchev–Trinajstić information content (AvgIpc) is 2.80. The fraction of sp³-hybridized carbons (Fsp3) is 0. The minimum Gasteiger partial charge on any atom is -0.448 e. The van der Waals surface area contributed by atoms with Gasteiger partial charge in [-0.3, -0.25) is 25.0 Å². The number of ether oxygens (including phenoxy) is 1. The third-order valence-electron chi connectivity index (χ3n) is 4.37. The SMILES string of the molecule is N#C/C(=C\c1cc(Br)cc(Br)c1Oc1ccc([N+](=O)[O-])cc1[N+](=O)[O-])C(=O)Nc1ccc(F)cc1. The number of hydrogen-bond donors (Lipinski definition) is 1. The van der Waals surface area contributed by atoms with Gasteiger partial charge in [0, 0.05) is 21.8 Å². The summed E-state index contributed by atoms with van der Waals surface area (Å²) in [5, 5.41) is 34.5. The first kappa shape index (κ1) is 25.5. The van der Waals surface area contributed by atoms with Crippen LogP contribution in [0, 0.1) is 37.4 Å². The first-order valence-electron chi connectivity index (χ1n) is 9.37. The van der Waals surface area contributed by atoms with Crippen LogP contribution < -0.4 is 10.1 Å². The molecule has 0 aliphatic heterocycles. The van der Waals surface area contributed by atoms with Crippen LogP contribution in [0.2, 0.25) is 0 Å². The minimum absolute atomic E-state index is 0.00693. The molecule has 0 fully saturated rings. The summed E-state index contributed by atoms with van der Waals surface area (Å²) in [5.74, 6) is -1.58. The Hall–Kier alpha value is -4.15. The summed E-state index contributed by atoms with van der Waals surface area (Å²) >= 11 is 6.57. The van der Waals surface area contributed by atoms with Crippen LogP contribution in [0.25, 0.3) is 6.08 Å². The zero-order chi connectivity index (χ0) is 25.7. The number of nitro benzene ring substituents is 2. The molecule has 0 heterocycles. The summed E-state index contributed by atoms with van der Waals surface area (Å²) in [5.41, 5.74) is -1.06. The molecule has 0 atom stereocenters. The summed E-state index contributed by atoms with van der Waals surface area (Å²) in [6.07, 6.45) is 1.20. The van der Waals surface area contributed by atoms with Crippen molar-refractivity contribution >= 4 is 60.9 Å². The highest BCUT2D eigenvalue weighted by Gasteiger charge is 2.23. The molecular formula is C22H11Br2FN4O6. The van der Waals surface area contributed by atoms with Crippen molar-refractivity contribution in [1.29, 1.82) is 5.26 Å². The van der Waals surface area contributed by atoms with E-state index >= 15 is 0 Å². The van der Waals surface area contributed by atoms with Crippen LogP contribution in [0.5, 0.6) is 11.5 Å². The van der Waals surface area contributed by atoms with Gasteiger partial charge in [-0.2, -0.15) is 5.26 Å². The van der Waals surface area contributed by atoms with Crippen LogP contribution in [0.1, 0.15) is 5.56 Å². The molecule has 3 aromatic rings. The van der Waals surface area contributed by atoms with E-state index in [0.717, 1.165) is 30.3 Å². The summed E-state index contributed by atoms with van der Waals surface area (Å²) in [6, 6.07) is 12.6. The van der Waals surface area contributed by atoms with Gasteiger partial charge in [-0.1, -0.05) is 15.9 Å². The number of carbonyl (C=O) groups is 1. The maximum Gasteiger partial charge on any atom is 0.318 e. The summed E-state index contributed by atoms with van der Waals surface area (Å²) < 4.78 is 19.7. The largest absolute Gasteiger partial charge is 0.448 e. The number of benzene rings is 3. The third kappa shape index (κ3) is 6.25. The molecule has 0 bridgehead atoms. The lowest BCUT2D eigenvalue weighted by Gasteiger charge is -2.13. The predicted molar refractivity (Wildman–Crippen MR) is 130 cm³/mol. The topological polar surface area (TPSA) is 148 Å². The number of halogens is 3. The molecule has 3 rings (SSSR count). The third-order valence-corrected chi connectivity index (χ3v) is 5.41. The van der Waals surface area contributed by atoms with Gasteiger partial charge in [-0.25, -0.2) is 4.39 Å². The molecule has 1 N–H and O–H groups in total. The first-order chi connectivity index (χ1) is 16.6. The molecule has 0 radical (unpaired) electrons. The Bertz CT molecular complexity index is 1420. The van der Waals surface area contributed by atoms with E-state index in [2.05, 4.69) is 37.2 Å². The number of anilines is 1. The maximum atomic E-state index is 13.1. The number of carbonyl (C=O) groups excluding carboxylic acids is 1. The van der Waals surface area contributed by atoms with Crippen molar-refractivity contribution in [2.45, 2.75) is 0 Å². The van der Waals surface area contributed by atoms with Gasteiger partial charge in [0.25, 0.3) is 11.6 Å². The second-order valence-corrected chi connectivity index (χ2v) is 8.48. The Morgan fingerprint density at radius 1 is 1.06 bits per heavy atom. The molecule has 176 valence electrons. The van der Waals surface area contributed by atoms with Crippen molar-refractivity contribution in [3.05, 3.63) is 101 Å². The van der Waals surface area contributed by atoms with Gasteiger partial charge in [0.1, 0.15) is 23.2 Å². The smallest absolute Gasteiger partial charge is 0.318 e. The van der Waals surface area contributed by atoms with Crippen molar-refractivity contribution < 1.29 is 23.8 Å². The van der Waals surface area contributed by atoms with Gasteiger partial charge in [0.05, 0.1) is 20.4 Å². The second kappa shape index (κ2) is 10.9. The van der Waals surface area contributed by atoms with Gasteiger partial charge in [-0.05, 0) is 64.5 Å². The number of non-ortho nitro benzene ring substituents is 1. The van der Waals surface area contributed by atoms with Crippen LogP contribution in [-0.2, 0) is 4.79 Å². The van der Waals surface area contributed by atoms with Gasteiger partial charge >= 0.3 is 5.69 Å². The molecule has 0 saturated heterocycles. The van der Waals surface area contributed by atoms with Gasteiger partial charge in [-0.15, -0.1) is 0 Å². The number of amides is 1. The van der Waals surface area contributed by atoms with E-state index in [4.69, 9.17) is 4.74 Å². The Balaban J connectivity index is 2.03. The lowest BCUT2D eigenvalue weighted by atomic mass is 10.1. The van der Waals surface area contributed by atoms with Crippen LogP contribution in [0.3, 0.4) is 0 Å². The highest BCUT2D eigenvalue weighted by molar-refractivity contribution is 9.11. The van der Waals surface area contributed by atoms with Gasteiger partial charge < -0.3 is 10.1 Å². The Morgan fingerprint density at radius 3 is 2.34 bits per heavy atom. The molecule has 35 heavy (non-hydrogen) atoms. The number of hydrogen-bond acceptors (Lipinski definition) is 7. The van der Waals surface area contributed by atoms with Crippen LogP contribution >= 0.6 is 31.9 Å². The van der Waals surface area contributed by atoms with E-state index in [0.29, 0.717) is 8.95 Å². The van der Waals surface area contributed by atoms with Crippen LogP contribution in [-0.4, -0.2) is 15.8 Å². The van der Waals surface area contributed by atoms with Crippen LogP contribution in [0.15, 0.2) is 69.1 Å². The van der Waals surface area contributed by atoms with Crippen molar-refractivity contribution in [2.75, 3.05) is 5.32 Å². The van der Waals surface area contributed by atoms with E-state index < -0.39 is 32.9 Å². The predicted octanol–water partition coefficient (Wildman–Crippen LogP) is 6.51. The minimum atomic E-state index is -0.832. The number of nitriles is 1. The first-order valence-corrected chi connectivity index (χ1v) is 11.0. The number of nitrogens with zero attached hydrogens (tertiary/aromatic N) is 3. The van der Waals surface area contributed by atoms with E-state index in [-0.39, 0.29) is 28.3 Å². The fourth-order valence-corrected chi connectivity index (χ4v) is 4.13. The lowest BCUT2D eigenvalue weighted by molar-refractivity contribution is -0.394. The quantitative estimate of drug-likeness (QED) is 0.140. The molecule has 1 amide bonds. The molecule has 0 spiro atoms. The van der Waals surface area contributed by atoms with E-state index in [9.17, 15) is 34.7 Å². The van der Waals surface area contributed by atoms with Crippen molar-refractivity contribution in [2.24, 2.45) is 0 Å². The fourth-order valence-electron chi connectivity index (χ4n) is 2.79. The molecule has 0 unspecified atom stereocenters. The summed E-state index contributed by atoms with van der Waals surface area (Å²) in [4.78, 5) is 33.5. The number of rotatable bonds is 7. The summed E-state index contributed by atoms with van der Waals surface area (Å²) in [6.45, 7) is 0. The van der Waals surface area contributed by atoms with Crippen molar-refractivity contribution in [1.82, 2.24) is 0 Å². The average molecular weight is 606 g/mol. The van der Waals surface area contributed by atoms with E-state index in [1.54, 1.807) is 12.1 Å². The highest BCUT2D eigenvalue weighted by atomic mass is 79.9. The van der Waals surface area contributed by atoms with Crippen LogP contribution in [0.4, 0.5) is 21.5 Å². The Labute approximate surface area is 213 Å². The molecule has 0 aromatic heterocycles. The second-order valence-electron chi connectivity index (χ2n) is 6.71. The molecule has 10 nitrogen and oxygen atoms in total. The number of nitro groups is 2. The maximum absolute atomic E-state index is 13.1. The molecule has 3 aromatic carbocycles. The zero-order valence-corrected chi connectivity index (χ0v) is 20.4. The van der Waals surface area contributed by atoms with Crippen molar-refractivity contribution in [3.8, 4) is 17.6 Å².